The Kier molecular flexibility index (Phi) is 5.80. The highest BCUT2D eigenvalue weighted by Gasteiger charge is 2.19. The molecule has 1 unspecified atom stereocenters. The number of pyridine rings is 1. The van der Waals surface area contributed by atoms with Crippen molar-refractivity contribution in [3.8, 4) is 0 Å². The SMILES string of the molecule is O=S(=O)(NCCC(CCO)c1ccsc1)c1cccc2cccnc12. The molecule has 0 spiro atoms. The Morgan fingerprint density at radius 3 is 2.76 bits per heavy atom. The van der Waals surface area contributed by atoms with Crippen LogP contribution in [0.5, 0.6) is 0 Å². The molecule has 7 heteroatoms. The number of aromatic nitrogens is 1. The van der Waals surface area contributed by atoms with Crippen LogP contribution in [0.3, 0.4) is 0 Å². The number of nitrogens with one attached hydrogen (secondary N) is 1. The first-order chi connectivity index (χ1) is 12.1. The molecular weight excluding hydrogens is 356 g/mol. The van der Waals surface area contributed by atoms with Gasteiger partial charge in [0.05, 0.1) is 5.52 Å². The Hall–Kier alpha value is -1.80. The molecule has 2 aromatic heterocycles. The summed E-state index contributed by atoms with van der Waals surface area (Å²) in [6, 6.07) is 10.8. The number of hydrogen-bond donors (Lipinski definition) is 2. The summed E-state index contributed by atoms with van der Waals surface area (Å²) in [4.78, 5) is 4.40. The summed E-state index contributed by atoms with van der Waals surface area (Å²) in [5.74, 6) is 0.143. The summed E-state index contributed by atoms with van der Waals surface area (Å²) in [6.45, 7) is 0.395. The summed E-state index contributed by atoms with van der Waals surface area (Å²) in [5.41, 5.74) is 1.62. The number of rotatable bonds is 8. The number of para-hydroxylation sites is 1. The van der Waals surface area contributed by atoms with Gasteiger partial charge in [0, 0.05) is 24.7 Å². The Morgan fingerprint density at radius 2 is 2.00 bits per heavy atom. The number of hydrogen-bond acceptors (Lipinski definition) is 5. The van der Waals surface area contributed by atoms with E-state index in [4.69, 9.17) is 0 Å². The standard InChI is InChI=1S/C18H20N2O3S2/c21-11-7-14(16-8-12-24-13-16)6-10-20-25(22,23)17-5-1-3-15-4-2-9-19-18(15)17/h1-5,8-9,12-14,20-21H,6-7,10-11H2. The van der Waals surface area contributed by atoms with Crippen molar-refractivity contribution in [3.05, 3.63) is 58.9 Å². The number of aliphatic hydroxyl groups is 1. The van der Waals surface area contributed by atoms with Crippen LogP contribution in [0.25, 0.3) is 10.9 Å². The highest BCUT2D eigenvalue weighted by atomic mass is 32.2. The van der Waals surface area contributed by atoms with Gasteiger partial charge in [0.15, 0.2) is 0 Å². The van der Waals surface area contributed by atoms with Gasteiger partial charge in [-0.25, -0.2) is 13.1 Å². The summed E-state index contributed by atoms with van der Waals surface area (Å²) in [5, 5.41) is 14.1. The van der Waals surface area contributed by atoms with Crippen LogP contribution < -0.4 is 4.72 Å². The third-order valence-corrected chi connectivity index (χ3v) is 6.36. The molecule has 2 N–H and O–H groups in total. The van der Waals surface area contributed by atoms with Gasteiger partial charge in [-0.15, -0.1) is 0 Å². The van der Waals surface area contributed by atoms with Crippen LogP contribution in [0.2, 0.25) is 0 Å². The zero-order valence-electron chi connectivity index (χ0n) is 13.6. The molecule has 0 fully saturated rings. The van der Waals surface area contributed by atoms with Crippen molar-refractivity contribution in [2.24, 2.45) is 0 Å². The average Bonchev–Trinajstić information content (AvgIpc) is 3.15. The lowest BCUT2D eigenvalue weighted by Gasteiger charge is -2.15. The van der Waals surface area contributed by atoms with E-state index in [1.54, 1.807) is 35.7 Å². The Morgan fingerprint density at radius 1 is 1.16 bits per heavy atom. The molecule has 0 saturated carbocycles. The summed E-state index contributed by atoms with van der Waals surface area (Å²) in [6.07, 6.45) is 2.85. The molecule has 25 heavy (non-hydrogen) atoms. The van der Waals surface area contributed by atoms with Gasteiger partial charge in [-0.2, -0.15) is 11.3 Å². The van der Waals surface area contributed by atoms with E-state index in [0.717, 1.165) is 10.9 Å². The molecule has 0 aliphatic heterocycles. The fraction of sp³-hybridized carbons (Fsp3) is 0.278. The van der Waals surface area contributed by atoms with E-state index in [9.17, 15) is 13.5 Å². The Labute approximate surface area is 151 Å². The topological polar surface area (TPSA) is 79.3 Å². The Bertz CT molecular complexity index is 919. The summed E-state index contributed by atoms with van der Waals surface area (Å²) in [7, 11) is -3.64. The molecular formula is C18H20N2O3S2. The first-order valence-electron chi connectivity index (χ1n) is 8.08. The van der Waals surface area contributed by atoms with Crippen molar-refractivity contribution in [2.45, 2.75) is 23.7 Å². The lowest BCUT2D eigenvalue weighted by atomic mass is 9.95. The van der Waals surface area contributed by atoms with Gasteiger partial charge >= 0.3 is 0 Å². The Balaban J connectivity index is 1.73. The fourth-order valence-corrected chi connectivity index (χ4v) is 4.85. The van der Waals surface area contributed by atoms with Crippen molar-refractivity contribution in [2.75, 3.05) is 13.2 Å². The number of sulfonamides is 1. The second-order valence-corrected chi connectivity index (χ2v) is 8.30. The van der Waals surface area contributed by atoms with E-state index in [1.165, 1.54) is 0 Å². The van der Waals surface area contributed by atoms with Gasteiger partial charge in [0.2, 0.25) is 10.0 Å². The molecule has 5 nitrogen and oxygen atoms in total. The molecule has 1 aromatic carbocycles. The summed E-state index contributed by atoms with van der Waals surface area (Å²) < 4.78 is 28.0. The number of benzene rings is 1. The molecule has 0 saturated heterocycles. The smallest absolute Gasteiger partial charge is 0.242 e. The van der Waals surface area contributed by atoms with Crippen LogP contribution in [0.1, 0.15) is 24.3 Å². The van der Waals surface area contributed by atoms with Gasteiger partial charge in [0.25, 0.3) is 0 Å². The van der Waals surface area contributed by atoms with Crippen molar-refractivity contribution in [1.82, 2.24) is 9.71 Å². The van der Waals surface area contributed by atoms with E-state index in [-0.39, 0.29) is 17.4 Å². The third kappa shape index (κ3) is 4.24. The van der Waals surface area contributed by atoms with Crippen molar-refractivity contribution in [3.63, 3.8) is 0 Å². The minimum atomic E-state index is -3.64. The largest absolute Gasteiger partial charge is 0.396 e. The third-order valence-electron chi connectivity index (χ3n) is 4.16. The van der Waals surface area contributed by atoms with Crippen LogP contribution in [-0.4, -0.2) is 31.7 Å². The molecule has 132 valence electrons. The van der Waals surface area contributed by atoms with Gasteiger partial charge in [0.1, 0.15) is 4.90 Å². The van der Waals surface area contributed by atoms with Crippen molar-refractivity contribution in [1.29, 1.82) is 0 Å². The molecule has 0 aliphatic carbocycles. The monoisotopic (exact) mass is 376 g/mol. The van der Waals surface area contributed by atoms with Gasteiger partial charge in [-0.1, -0.05) is 18.2 Å². The molecule has 0 aliphatic rings. The molecule has 3 aromatic rings. The number of fused-ring (bicyclic) bond motifs is 1. The van der Waals surface area contributed by atoms with E-state index in [1.807, 2.05) is 29.0 Å². The van der Waals surface area contributed by atoms with Crippen LogP contribution in [0.15, 0.2) is 58.3 Å². The average molecular weight is 377 g/mol. The summed E-state index contributed by atoms with van der Waals surface area (Å²) >= 11 is 1.60. The van der Waals surface area contributed by atoms with Gasteiger partial charge in [-0.05, 0) is 53.3 Å². The molecule has 0 bridgehead atoms. The maximum absolute atomic E-state index is 12.7. The predicted molar refractivity (Wildman–Crippen MR) is 100 cm³/mol. The highest BCUT2D eigenvalue weighted by molar-refractivity contribution is 7.89. The van der Waals surface area contributed by atoms with E-state index in [2.05, 4.69) is 9.71 Å². The first-order valence-corrected chi connectivity index (χ1v) is 10.5. The molecule has 3 rings (SSSR count). The van der Waals surface area contributed by atoms with E-state index in [0.29, 0.717) is 24.9 Å². The minimum absolute atomic E-state index is 0.0838. The zero-order valence-corrected chi connectivity index (χ0v) is 15.3. The number of aliphatic hydroxyl groups excluding tert-OH is 1. The van der Waals surface area contributed by atoms with E-state index < -0.39 is 10.0 Å². The number of nitrogens with zero attached hydrogens (tertiary/aromatic N) is 1. The fourth-order valence-electron chi connectivity index (χ4n) is 2.88. The zero-order chi connectivity index (χ0) is 17.7. The van der Waals surface area contributed by atoms with Crippen LogP contribution >= 0.6 is 11.3 Å². The van der Waals surface area contributed by atoms with Crippen molar-refractivity contribution >= 4 is 32.3 Å². The molecule has 0 amide bonds. The van der Waals surface area contributed by atoms with Crippen molar-refractivity contribution < 1.29 is 13.5 Å². The molecule has 2 heterocycles. The first kappa shape index (κ1) is 18.0. The lowest BCUT2D eigenvalue weighted by Crippen LogP contribution is -2.26. The minimum Gasteiger partial charge on any atom is -0.396 e. The molecule has 1 atom stereocenters. The molecule has 0 radical (unpaired) electrons. The van der Waals surface area contributed by atoms with Gasteiger partial charge < -0.3 is 5.11 Å². The van der Waals surface area contributed by atoms with Gasteiger partial charge in [-0.3, -0.25) is 4.98 Å². The number of thiophene rings is 1. The maximum atomic E-state index is 12.7. The quantitative estimate of drug-likeness (QED) is 0.633. The van der Waals surface area contributed by atoms with Crippen LogP contribution in [-0.2, 0) is 10.0 Å². The maximum Gasteiger partial charge on any atom is 0.242 e. The second kappa shape index (κ2) is 8.05. The lowest BCUT2D eigenvalue weighted by molar-refractivity contribution is 0.273. The normalized spacial score (nSPS) is 13.2. The highest BCUT2D eigenvalue weighted by Crippen LogP contribution is 2.25. The second-order valence-electron chi connectivity index (χ2n) is 5.78. The van der Waals surface area contributed by atoms with E-state index >= 15 is 0 Å². The van der Waals surface area contributed by atoms with Crippen LogP contribution in [0, 0.1) is 0 Å². The van der Waals surface area contributed by atoms with Crippen LogP contribution in [0.4, 0.5) is 0 Å². The predicted octanol–water partition coefficient (Wildman–Crippen LogP) is 3.13.